The molecule has 1 N–H and O–H groups in total. The van der Waals surface area contributed by atoms with Gasteiger partial charge in [0, 0.05) is 47.4 Å². The van der Waals surface area contributed by atoms with E-state index in [0.717, 1.165) is 45.1 Å². The number of amides is 2. The number of methoxy groups -OCH3 is 1. The lowest BCUT2D eigenvalue weighted by Gasteiger charge is -2.23. The van der Waals surface area contributed by atoms with Crippen molar-refractivity contribution in [1.82, 2.24) is 14.9 Å². The second-order valence-corrected chi connectivity index (χ2v) is 10.4. The highest BCUT2D eigenvalue weighted by molar-refractivity contribution is 6.07. The van der Waals surface area contributed by atoms with Crippen molar-refractivity contribution < 1.29 is 14.3 Å². The number of aryl methyl sites for hydroxylation is 1. The van der Waals surface area contributed by atoms with Crippen LogP contribution in [0.5, 0.6) is 5.75 Å². The highest BCUT2D eigenvalue weighted by atomic mass is 16.5. The Labute approximate surface area is 245 Å². The molecule has 0 atom stereocenters. The Kier molecular flexibility index (Phi) is 7.56. The summed E-state index contributed by atoms with van der Waals surface area (Å²) < 4.78 is 7.58. The third-order valence-corrected chi connectivity index (χ3v) is 7.74. The third kappa shape index (κ3) is 5.29. The van der Waals surface area contributed by atoms with E-state index in [9.17, 15) is 9.59 Å². The molecule has 42 heavy (non-hydrogen) atoms. The number of hydrogen-bond donors (Lipinski definition) is 1. The van der Waals surface area contributed by atoms with Crippen LogP contribution in [0.2, 0.25) is 0 Å². The molecule has 3 aromatic carbocycles. The Hall–Kier alpha value is -5.17. The number of benzene rings is 3. The van der Waals surface area contributed by atoms with E-state index in [1.807, 2.05) is 113 Å². The topological polar surface area (TPSA) is 76.5 Å². The van der Waals surface area contributed by atoms with E-state index >= 15 is 0 Å². The van der Waals surface area contributed by atoms with E-state index < -0.39 is 0 Å². The maximum Gasteiger partial charge on any atom is 0.267 e. The lowest BCUT2D eigenvalue weighted by molar-refractivity contribution is 0.0944. The van der Waals surface area contributed by atoms with Crippen LogP contribution in [-0.2, 0) is 19.5 Å². The number of pyridine rings is 1. The molecular weight excluding hydrogens is 524 g/mol. The average Bonchev–Trinajstić information content (AvgIpc) is 3.34. The lowest BCUT2D eigenvalue weighted by atomic mass is 9.97. The normalized spacial score (nSPS) is 12.2. The van der Waals surface area contributed by atoms with Crippen LogP contribution in [0.3, 0.4) is 0 Å². The van der Waals surface area contributed by atoms with Crippen molar-refractivity contribution in [2.24, 2.45) is 0 Å². The number of para-hydroxylation sites is 2. The number of fused-ring (bicyclic) bond motifs is 2. The fourth-order valence-corrected chi connectivity index (χ4v) is 5.60. The quantitative estimate of drug-likeness (QED) is 0.265. The SMILES string of the molecule is COc1ccccc1-c1ccc(C(=O)N2Cc3ccc(C(=O)NCCc4ccccn4)n3Cc3ccccc32)cc1C. The summed E-state index contributed by atoms with van der Waals surface area (Å²) in [4.78, 5) is 33.4. The largest absolute Gasteiger partial charge is 0.496 e. The third-order valence-electron chi connectivity index (χ3n) is 7.74. The van der Waals surface area contributed by atoms with Crippen molar-refractivity contribution in [2.45, 2.75) is 26.4 Å². The van der Waals surface area contributed by atoms with Crippen molar-refractivity contribution >= 4 is 17.5 Å². The van der Waals surface area contributed by atoms with Gasteiger partial charge in [0.25, 0.3) is 11.8 Å². The number of nitrogens with zero attached hydrogens (tertiary/aromatic N) is 3. The minimum absolute atomic E-state index is 0.0897. The molecule has 7 heteroatoms. The molecule has 2 aromatic heterocycles. The van der Waals surface area contributed by atoms with Gasteiger partial charge in [-0.15, -0.1) is 0 Å². The van der Waals surface area contributed by atoms with Gasteiger partial charge in [-0.25, -0.2) is 0 Å². The molecule has 6 rings (SSSR count). The molecule has 210 valence electrons. The predicted octanol–water partition coefficient (Wildman–Crippen LogP) is 6.05. The van der Waals surface area contributed by atoms with Gasteiger partial charge in [0.1, 0.15) is 11.4 Å². The summed E-state index contributed by atoms with van der Waals surface area (Å²) in [6.07, 6.45) is 2.41. The van der Waals surface area contributed by atoms with Gasteiger partial charge in [-0.2, -0.15) is 0 Å². The number of carbonyl (C=O) groups excluding carboxylic acids is 2. The summed E-state index contributed by atoms with van der Waals surface area (Å²) in [6.45, 7) is 3.35. The number of aromatic nitrogens is 2. The molecular formula is C35H32N4O3. The van der Waals surface area contributed by atoms with Gasteiger partial charge < -0.3 is 19.5 Å². The van der Waals surface area contributed by atoms with Crippen molar-refractivity contribution in [2.75, 3.05) is 18.6 Å². The maximum atomic E-state index is 14.1. The number of anilines is 1. The van der Waals surface area contributed by atoms with E-state index in [4.69, 9.17) is 4.74 Å². The number of carbonyl (C=O) groups is 2. The monoisotopic (exact) mass is 556 g/mol. The second kappa shape index (κ2) is 11.7. The standard InChI is InChI=1S/C35H32N4O3/c1-24-21-25(14-16-29(24)30-11-4-6-13-33(30)42-2)35(41)39-23-28-15-17-32(38(28)22-26-9-3-5-12-31(26)39)34(40)37-20-18-27-10-7-8-19-36-27/h3-17,19,21H,18,20,22-23H2,1-2H3,(H,37,40). The molecule has 0 unspecified atom stereocenters. The Bertz CT molecular complexity index is 1760. The fraction of sp³-hybridized carbons (Fsp3) is 0.171. The molecule has 0 bridgehead atoms. The number of nitrogens with one attached hydrogen (secondary N) is 1. The molecule has 1 aliphatic rings. The van der Waals surface area contributed by atoms with Crippen molar-refractivity contribution in [3.8, 4) is 16.9 Å². The van der Waals surface area contributed by atoms with Crippen LogP contribution in [0, 0.1) is 6.92 Å². The molecule has 7 nitrogen and oxygen atoms in total. The van der Waals surface area contributed by atoms with Gasteiger partial charge in [-0.05, 0) is 72.1 Å². The Morgan fingerprint density at radius 1 is 0.881 bits per heavy atom. The Balaban J connectivity index is 1.27. The number of ether oxygens (including phenoxy) is 1. The Morgan fingerprint density at radius 3 is 2.50 bits per heavy atom. The zero-order chi connectivity index (χ0) is 29.1. The average molecular weight is 557 g/mol. The van der Waals surface area contributed by atoms with Crippen molar-refractivity contribution in [3.05, 3.63) is 137 Å². The van der Waals surface area contributed by atoms with E-state index in [1.54, 1.807) is 13.3 Å². The van der Waals surface area contributed by atoms with Gasteiger partial charge in [-0.3, -0.25) is 14.6 Å². The van der Waals surface area contributed by atoms with E-state index in [-0.39, 0.29) is 11.8 Å². The summed E-state index contributed by atoms with van der Waals surface area (Å²) in [5, 5.41) is 3.03. The molecule has 0 saturated carbocycles. The molecule has 0 spiro atoms. The molecule has 3 heterocycles. The van der Waals surface area contributed by atoms with Crippen molar-refractivity contribution in [3.63, 3.8) is 0 Å². The first-order valence-corrected chi connectivity index (χ1v) is 14.0. The first kappa shape index (κ1) is 27.0. The highest BCUT2D eigenvalue weighted by Gasteiger charge is 2.27. The first-order valence-electron chi connectivity index (χ1n) is 14.0. The molecule has 2 amide bonds. The second-order valence-electron chi connectivity index (χ2n) is 10.4. The molecule has 0 fully saturated rings. The molecule has 1 aliphatic heterocycles. The van der Waals surface area contributed by atoms with E-state index in [2.05, 4.69) is 10.3 Å². The van der Waals surface area contributed by atoms with Crippen LogP contribution < -0.4 is 15.0 Å². The summed E-state index contributed by atoms with van der Waals surface area (Å²) in [7, 11) is 1.66. The zero-order valence-corrected chi connectivity index (χ0v) is 23.7. The molecule has 0 radical (unpaired) electrons. The Morgan fingerprint density at radius 2 is 1.69 bits per heavy atom. The van der Waals surface area contributed by atoms with E-state index in [0.29, 0.717) is 37.3 Å². The fourth-order valence-electron chi connectivity index (χ4n) is 5.60. The van der Waals surface area contributed by atoms with Crippen LogP contribution >= 0.6 is 0 Å². The highest BCUT2D eigenvalue weighted by Crippen LogP contribution is 2.34. The summed E-state index contributed by atoms with van der Waals surface area (Å²) in [5.41, 5.74) is 7.83. The maximum absolute atomic E-state index is 14.1. The minimum atomic E-state index is -0.142. The first-order chi connectivity index (χ1) is 20.5. The predicted molar refractivity (Wildman–Crippen MR) is 164 cm³/mol. The number of hydrogen-bond acceptors (Lipinski definition) is 4. The summed E-state index contributed by atoms with van der Waals surface area (Å²) >= 11 is 0. The van der Waals surface area contributed by atoms with Crippen molar-refractivity contribution in [1.29, 1.82) is 0 Å². The van der Waals surface area contributed by atoms with Gasteiger partial charge in [-0.1, -0.05) is 48.5 Å². The zero-order valence-electron chi connectivity index (χ0n) is 23.7. The van der Waals surface area contributed by atoms with Crippen LogP contribution in [0.4, 0.5) is 5.69 Å². The molecule has 5 aromatic rings. The lowest BCUT2D eigenvalue weighted by Crippen LogP contribution is -2.31. The smallest absolute Gasteiger partial charge is 0.267 e. The van der Waals surface area contributed by atoms with Crippen LogP contribution in [0.25, 0.3) is 11.1 Å². The summed E-state index contributed by atoms with van der Waals surface area (Å²) in [5.74, 6) is 0.559. The van der Waals surface area contributed by atoms with Crippen LogP contribution in [0.15, 0.2) is 103 Å². The van der Waals surface area contributed by atoms with Gasteiger partial charge in [0.05, 0.1) is 20.2 Å². The molecule has 0 saturated heterocycles. The number of rotatable bonds is 7. The van der Waals surface area contributed by atoms with Crippen LogP contribution in [0.1, 0.15) is 43.4 Å². The summed E-state index contributed by atoms with van der Waals surface area (Å²) in [6, 6.07) is 31.1. The van der Waals surface area contributed by atoms with E-state index in [1.165, 1.54) is 0 Å². The van der Waals surface area contributed by atoms with Gasteiger partial charge in [0.2, 0.25) is 0 Å². The van der Waals surface area contributed by atoms with Gasteiger partial charge in [0.15, 0.2) is 0 Å². The molecule has 0 aliphatic carbocycles. The van der Waals surface area contributed by atoms with Crippen LogP contribution in [-0.4, -0.2) is 35.0 Å². The van der Waals surface area contributed by atoms with Gasteiger partial charge >= 0.3 is 0 Å². The minimum Gasteiger partial charge on any atom is -0.496 e.